The van der Waals surface area contributed by atoms with Gasteiger partial charge < -0.3 is 5.73 Å². The summed E-state index contributed by atoms with van der Waals surface area (Å²) in [5, 5.41) is 4.24. The lowest BCUT2D eigenvalue weighted by atomic mass is 9.92. The van der Waals surface area contributed by atoms with Gasteiger partial charge in [-0.2, -0.15) is 5.10 Å². The molecule has 0 aliphatic rings. The Labute approximate surface area is 128 Å². The quantitative estimate of drug-likeness (QED) is 0.590. The van der Waals surface area contributed by atoms with Crippen LogP contribution in [0.15, 0.2) is 12.1 Å². The topological polar surface area (TPSA) is 43.8 Å². The first-order chi connectivity index (χ1) is 9.12. The number of anilines is 1. The van der Waals surface area contributed by atoms with Crippen LogP contribution in [0.2, 0.25) is 0 Å². The highest BCUT2D eigenvalue weighted by Gasteiger charge is 2.26. The molecule has 2 rings (SSSR count). The van der Waals surface area contributed by atoms with Crippen LogP contribution in [0, 0.1) is 21.0 Å². The van der Waals surface area contributed by atoms with E-state index in [0.29, 0.717) is 15.3 Å². The molecule has 1 aromatic heterocycles. The summed E-state index contributed by atoms with van der Waals surface area (Å²) in [6, 6.07) is 1.23. The highest BCUT2D eigenvalue weighted by Crippen LogP contribution is 2.32. The van der Waals surface area contributed by atoms with Crippen LogP contribution in [-0.2, 0) is 5.41 Å². The van der Waals surface area contributed by atoms with Crippen molar-refractivity contribution >= 4 is 28.4 Å². The molecule has 7 heteroatoms. The van der Waals surface area contributed by atoms with Gasteiger partial charge in [-0.3, -0.25) is 0 Å². The molecule has 20 heavy (non-hydrogen) atoms. The van der Waals surface area contributed by atoms with Gasteiger partial charge in [0.25, 0.3) is 0 Å². The van der Waals surface area contributed by atoms with Crippen LogP contribution in [0.3, 0.4) is 0 Å². The van der Waals surface area contributed by atoms with Gasteiger partial charge >= 0.3 is 0 Å². The zero-order chi connectivity index (χ0) is 15.2. The predicted octanol–water partition coefficient (Wildman–Crippen LogP) is 3.77. The Morgan fingerprint density at radius 2 is 1.65 bits per heavy atom. The van der Waals surface area contributed by atoms with E-state index in [4.69, 9.17) is 5.73 Å². The smallest absolute Gasteiger partial charge is 0.161 e. The molecule has 2 N–H and O–H groups in total. The van der Waals surface area contributed by atoms with E-state index in [-0.39, 0.29) is 16.9 Å². The summed E-state index contributed by atoms with van der Waals surface area (Å²) in [6.07, 6.45) is 0. The molecule has 3 nitrogen and oxygen atoms in total. The molecule has 0 atom stereocenters. The van der Waals surface area contributed by atoms with Crippen molar-refractivity contribution in [3.8, 4) is 5.69 Å². The molecule has 0 spiro atoms. The maximum atomic E-state index is 13.8. The molecule has 1 aromatic carbocycles. The number of hydrogen-bond acceptors (Lipinski definition) is 2. The van der Waals surface area contributed by atoms with Gasteiger partial charge in [0.15, 0.2) is 17.5 Å². The van der Waals surface area contributed by atoms with Crippen LogP contribution >= 0.6 is 22.6 Å². The summed E-state index contributed by atoms with van der Waals surface area (Å²) in [5.41, 5.74) is 6.05. The predicted molar refractivity (Wildman–Crippen MR) is 79.3 cm³/mol. The zero-order valence-electron chi connectivity index (χ0n) is 11.1. The summed E-state index contributed by atoms with van der Waals surface area (Å²) in [6.45, 7) is 5.80. The SMILES string of the molecule is CC(C)(C)c1nn(-c2cc(F)c(F)cc2F)c(N)c1I. The normalized spacial score (nSPS) is 11.9. The highest BCUT2D eigenvalue weighted by molar-refractivity contribution is 14.1. The Morgan fingerprint density at radius 1 is 1.10 bits per heavy atom. The first-order valence-corrected chi connectivity index (χ1v) is 6.90. The molecule has 108 valence electrons. The van der Waals surface area contributed by atoms with Gasteiger partial charge in [0.05, 0.1) is 9.26 Å². The standard InChI is InChI=1S/C13H13F3IN3/c1-13(2,3)11-10(17)12(18)20(19-11)9-5-7(15)6(14)4-8(9)16/h4-5H,18H2,1-3H3. The first kappa shape index (κ1) is 15.1. The number of nitrogen functional groups attached to an aromatic ring is 1. The second-order valence-electron chi connectivity index (χ2n) is 5.43. The van der Waals surface area contributed by atoms with E-state index in [9.17, 15) is 13.2 Å². The zero-order valence-corrected chi connectivity index (χ0v) is 13.3. The molecule has 0 saturated carbocycles. The van der Waals surface area contributed by atoms with Crippen LogP contribution < -0.4 is 5.73 Å². The van der Waals surface area contributed by atoms with E-state index in [1.807, 2.05) is 43.4 Å². The second-order valence-corrected chi connectivity index (χ2v) is 6.51. The first-order valence-electron chi connectivity index (χ1n) is 5.82. The van der Waals surface area contributed by atoms with Crippen molar-refractivity contribution in [3.63, 3.8) is 0 Å². The Bertz CT molecular complexity index is 674. The van der Waals surface area contributed by atoms with E-state index < -0.39 is 17.5 Å². The van der Waals surface area contributed by atoms with Crippen molar-refractivity contribution in [3.05, 3.63) is 38.8 Å². The molecule has 0 aliphatic heterocycles. The summed E-state index contributed by atoms with van der Waals surface area (Å²) in [5.74, 6) is -3.12. The highest BCUT2D eigenvalue weighted by atomic mass is 127. The maximum Gasteiger partial charge on any atom is 0.161 e. The average Bonchev–Trinajstić information content (AvgIpc) is 2.61. The molecule has 0 aliphatic carbocycles. The Balaban J connectivity index is 2.69. The van der Waals surface area contributed by atoms with Gasteiger partial charge in [-0.25, -0.2) is 17.9 Å². The monoisotopic (exact) mass is 395 g/mol. The molecular formula is C13H13F3IN3. The van der Waals surface area contributed by atoms with Crippen LogP contribution in [0.4, 0.5) is 19.0 Å². The van der Waals surface area contributed by atoms with E-state index in [1.165, 1.54) is 0 Å². The summed E-state index contributed by atoms with van der Waals surface area (Å²) < 4.78 is 41.8. The molecule has 1 heterocycles. The Hall–Kier alpha value is -1.25. The summed E-state index contributed by atoms with van der Waals surface area (Å²) in [7, 11) is 0. The van der Waals surface area contributed by atoms with Gasteiger partial charge in [0, 0.05) is 17.5 Å². The van der Waals surface area contributed by atoms with Crippen LogP contribution in [0.5, 0.6) is 0 Å². The molecule has 0 saturated heterocycles. The summed E-state index contributed by atoms with van der Waals surface area (Å²) in [4.78, 5) is 0. The molecule has 0 amide bonds. The number of hydrogen-bond donors (Lipinski definition) is 1. The second kappa shape index (κ2) is 4.94. The van der Waals surface area contributed by atoms with Gasteiger partial charge in [0.2, 0.25) is 0 Å². The van der Waals surface area contributed by atoms with E-state index in [0.717, 1.165) is 10.7 Å². The van der Waals surface area contributed by atoms with Crippen molar-refractivity contribution < 1.29 is 13.2 Å². The van der Waals surface area contributed by atoms with Crippen molar-refractivity contribution in [1.82, 2.24) is 9.78 Å². The van der Waals surface area contributed by atoms with E-state index in [1.54, 1.807) is 0 Å². The number of halogens is 4. The lowest BCUT2D eigenvalue weighted by molar-refractivity contribution is 0.490. The minimum absolute atomic E-state index is 0.195. The average molecular weight is 395 g/mol. The molecule has 2 aromatic rings. The Kier molecular flexibility index (Phi) is 3.74. The number of benzene rings is 1. The lowest BCUT2D eigenvalue weighted by Crippen LogP contribution is -2.14. The van der Waals surface area contributed by atoms with Crippen molar-refractivity contribution in [2.24, 2.45) is 0 Å². The third kappa shape index (κ3) is 2.50. The fourth-order valence-corrected chi connectivity index (χ4v) is 2.89. The fourth-order valence-electron chi connectivity index (χ4n) is 1.75. The lowest BCUT2D eigenvalue weighted by Gasteiger charge is -2.15. The largest absolute Gasteiger partial charge is 0.383 e. The van der Waals surface area contributed by atoms with Gasteiger partial charge in [-0.1, -0.05) is 20.8 Å². The third-order valence-electron chi connectivity index (χ3n) is 2.79. The number of rotatable bonds is 1. The molecule has 0 unspecified atom stereocenters. The fraction of sp³-hybridized carbons (Fsp3) is 0.308. The van der Waals surface area contributed by atoms with Crippen LogP contribution in [0.1, 0.15) is 26.5 Å². The van der Waals surface area contributed by atoms with Gasteiger partial charge in [0.1, 0.15) is 11.5 Å². The summed E-state index contributed by atoms with van der Waals surface area (Å²) >= 11 is 2.01. The number of nitrogens with zero attached hydrogens (tertiary/aromatic N) is 2. The van der Waals surface area contributed by atoms with Crippen molar-refractivity contribution in [1.29, 1.82) is 0 Å². The van der Waals surface area contributed by atoms with E-state index >= 15 is 0 Å². The number of nitrogens with two attached hydrogens (primary N) is 1. The van der Waals surface area contributed by atoms with Crippen LogP contribution in [-0.4, -0.2) is 9.78 Å². The Morgan fingerprint density at radius 3 is 2.15 bits per heavy atom. The molecule has 0 fully saturated rings. The van der Waals surface area contributed by atoms with Gasteiger partial charge in [-0.15, -0.1) is 0 Å². The maximum absolute atomic E-state index is 13.8. The third-order valence-corrected chi connectivity index (χ3v) is 3.85. The van der Waals surface area contributed by atoms with Crippen molar-refractivity contribution in [2.75, 3.05) is 5.73 Å². The molecular weight excluding hydrogens is 382 g/mol. The van der Waals surface area contributed by atoms with E-state index in [2.05, 4.69) is 5.10 Å². The minimum Gasteiger partial charge on any atom is -0.383 e. The molecule has 0 radical (unpaired) electrons. The van der Waals surface area contributed by atoms with Gasteiger partial charge in [-0.05, 0) is 22.6 Å². The van der Waals surface area contributed by atoms with Crippen molar-refractivity contribution in [2.45, 2.75) is 26.2 Å². The number of aromatic nitrogens is 2. The molecule has 0 bridgehead atoms. The minimum atomic E-state index is -1.25. The van der Waals surface area contributed by atoms with Crippen LogP contribution in [0.25, 0.3) is 5.69 Å².